The molecule has 0 spiro atoms. The molecule has 2 N–H and O–H groups in total. The summed E-state index contributed by atoms with van der Waals surface area (Å²) in [7, 11) is 2.01. The summed E-state index contributed by atoms with van der Waals surface area (Å²) < 4.78 is 0.923. The van der Waals surface area contributed by atoms with Gasteiger partial charge in [0.2, 0.25) is 5.91 Å². The molecule has 7 heteroatoms. The van der Waals surface area contributed by atoms with Crippen LogP contribution in [0.1, 0.15) is 6.42 Å². The standard InChI is InChI=1S/C15H20BrN3O3/c1-18-6-8-19(9-7-18)13(15(21)22)10-14(20)17-12-4-2-11(16)3-5-12/h2-5,13H,6-10H2,1H3,(H,17,20)(H,21,22)/t13-/m1/s1. The number of nitrogens with zero attached hydrogens (tertiary/aromatic N) is 2. The van der Waals surface area contributed by atoms with Crippen molar-refractivity contribution in [2.45, 2.75) is 12.5 Å². The molecule has 0 aromatic heterocycles. The molecular formula is C15H20BrN3O3. The van der Waals surface area contributed by atoms with Gasteiger partial charge in [0, 0.05) is 36.3 Å². The van der Waals surface area contributed by atoms with Crippen molar-refractivity contribution in [1.29, 1.82) is 0 Å². The number of piperazine rings is 1. The third-order valence-electron chi connectivity index (χ3n) is 3.77. The van der Waals surface area contributed by atoms with E-state index in [1.165, 1.54) is 0 Å². The molecule has 120 valence electrons. The molecule has 0 radical (unpaired) electrons. The van der Waals surface area contributed by atoms with E-state index in [9.17, 15) is 14.7 Å². The summed E-state index contributed by atoms with van der Waals surface area (Å²) in [5.41, 5.74) is 0.663. The monoisotopic (exact) mass is 369 g/mol. The van der Waals surface area contributed by atoms with Gasteiger partial charge in [-0.1, -0.05) is 15.9 Å². The van der Waals surface area contributed by atoms with Crippen LogP contribution in [0.5, 0.6) is 0 Å². The minimum atomic E-state index is -0.949. The van der Waals surface area contributed by atoms with Crippen molar-refractivity contribution in [3.05, 3.63) is 28.7 Å². The average molecular weight is 370 g/mol. The lowest BCUT2D eigenvalue weighted by Crippen LogP contribution is -2.52. The Balaban J connectivity index is 1.94. The van der Waals surface area contributed by atoms with Crippen LogP contribution in [0.25, 0.3) is 0 Å². The molecular weight excluding hydrogens is 350 g/mol. The van der Waals surface area contributed by atoms with Gasteiger partial charge < -0.3 is 15.3 Å². The first-order valence-electron chi connectivity index (χ1n) is 7.16. The Morgan fingerprint density at radius 1 is 1.23 bits per heavy atom. The molecule has 1 fully saturated rings. The normalized spacial score (nSPS) is 17.9. The molecule has 1 atom stereocenters. The Hall–Kier alpha value is -1.44. The van der Waals surface area contributed by atoms with E-state index in [1.807, 2.05) is 24.1 Å². The fourth-order valence-electron chi connectivity index (χ4n) is 2.43. The van der Waals surface area contributed by atoms with Gasteiger partial charge in [-0.2, -0.15) is 0 Å². The minimum Gasteiger partial charge on any atom is -0.480 e. The van der Waals surface area contributed by atoms with Crippen molar-refractivity contribution in [2.24, 2.45) is 0 Å². The molecule has 0 unspecified atom stereocenters. The molecule has 0 aliphatic carbocycles. The average Bonchev–Trinajstić information content (AvgIpc) is 2.48. The van der Waals surface area contributed by atoms with Crippen molar-refractivity contribution in [2.75, 3.05) is 38.5 Å². The summed E-state index contributed by atoms with van der Waals surface area (Å²) in [5, 5.41) is 12.1. The Morgan fingerprint density at radius 2 is 1.82 bits per heavy atom. The van der Waals surface area contributed by atoms with Crippen LogP contribution in [0.15, 0.2) is 28.7 Å². The lowest BCUT2D eigenvalue weighted by molar-refractivity contribution is -0.145. The quantitative estimate of drug-likeness (QED) is 0.822. The minimum absolute atomic E-state index is 0.0465. The number of carboxylic acid groups (broad SMARTS) is 1. The Morgan fingerprint density at radius 3 is 2.36 bits per heavy atom. The predicted molar refractivity (Wildman–Crippen MR) is 87.9 cm³/mol. The third-order valence-corrected chi connectivity index (χ3v) is 4.30. The maximum absolute atomic E-state index is 12.1. The fourth-order valence-corrected chi connectivity index (χ4v) is 2.69. The van der Waals surface area contributed by atoms with Gasteiger partial charge in [0.15, 0.2) is 0 Å². The molecule has 0 bridgehead atoms. The van der Waals surface area contributed by atoms with Crippen LogP contribution in [0.2, 0.25) is 0 Å². The highest BCUT2D eigenvalue weighted by Crippen LogP contribution is 2.15. The van der Waals surface area contributed by atoms with E-state index < -0.39 is 12.0 Å². The van der Waals surface area contributed by atoms with Crippen LogP contribution in [-0.4, -0.2) is 66.1 Å². The van der Waals surface area contributed by atoms with E-state index in [0.717, 1.165) is 17.6 Å². The molecule has 1 aliphatic rings. The molecule has 1 aliphatic heterocycles. The summed E-state index contributed by atoms with van der Waals surface area (Å²) in [6, 6.07) is 6.42. The van der Waals surface area contributed by atoms with Crippen molar-refractivity contribution in [1.82, 2.24) is 9.80 Å². The van der Waals surface area contributed by atoms with Gasteiger partial charge >= 0.3 is 5.97 Å². The SMILES string of the molecule is CN1CCN([C@H](CC(=O)Nc2ccc(Br)cc2)C(=O)O)CC1. The molecule has 1 amide bonds. The zero-order chi connectivity index (χ0) is 16.1. The van der Waals surface area contributed by atoms with E-state index in [-0.39, 0.29) is 12.3 Å². The second-order valence-corrected chi connectivity index (χ2v) is 6.37. The zero-order valence-corrected chi connectivity index (χ0v) is 14.0. The first-order valence-corrected chi connectivity index (χ1v) is 7.96. The van der Waals surface area contributed by atoms with Crippen molar-refractivity contribution < 1.29 is 14.7 Å². The van der Waals surface area contributed by atoms with Crippen molar-refractivity contribution in [3.8, 4) is 0 Å². The van der Waals surface area contributed by atoms with Crippen molar-refractivity contribution >= 4 is 33.5 Å². The van der Waals surface area contributed by atoms with Crippen LogP contribution in [-0.2, 0) is 9.59 Å². The van der Waals surface area contributed by atoms with Gasteiger partial charge in [0.25, 0.3) is 0 Å². The van der Waals surface area contributed by atoms with Crippen LogP contribution < -0.4 is 5.32 Å². The molecule has 1 saturated heterocycles. The highest BCUT2D eigenvalue weighted by molar-refractivity contribution is 9.10. The van der Waals surface area contributed by atoms with Crippen LogP contribution in [0.4, 0.5) is 5.69 Å². The van der Waals surface area contributed by atoms with Gasteiger partial charge in [-0.3, -0.25) is 14.5 Å². The van der Waals surface area contributed by atoms with E-state index >= 15 is 0 Å². The van der Waals surface area contributed by atoms with Gasteiger partial charge in [0.1, 0.15) is 6.04 Å². The molecule has 2 rings (SSSR count). The second-order valence-electron chi connectivity index (χ2n) is 5.45. The van der Waals surface area contributed by atoms with E-state index in [4.69, 9.17) is 0 Å². The molecule has 0 saturated carbocycles. The molecule has 6 nitrogen and oxygen atoms in total. The Bertz CT molecular complexity index is 527. The summed E-state index contributed by atoms with van der Waals surface area (Å²) >= 11 is 3.33. The predicted octanol–water partition coefficient (Wildman–Crippen LogP) is 1.48. The molecule has 1 aromatic rings. The Kier molecular flexibility index (Phi) is 5.93. The number of carbonyl (C=O) groups is 2. The molecule has 1 heterocycles. The fraction of sp³-hybridized carbons (Fsp3) is 0.467. The van der Waals surface area contributed by atoms with Gasteiger partial charge in [-0.25, -0.2) is 0 Å². The summed E-state index contributed by atoms with van der Waals surface area (Å²) in [4.78, 5) is 27.6. The number of benzene rings is 1. The van der Waals surface area contributed by atoms with E-state index in [2.05, 4.69) is 26.1 Å². The lowest BCUT2D eigenvalue weighted by Gasteiger charge is -2.35. The zero-order valence-electron chi connectivity index (χ0n) is 12.5. The first kappa shape index (κ1) is 16.9. The van der Waals surface area contributed by atoms with Gasteiger partial charge in [0.05, 0.1) is 6.42 Å². The number of carbonyl (C=O) groups excluding carboxylic acids is 1. The molecule has 22 heavy (non-hydrogen) atoms. The lowest BCUT2D eigenvalue weighted by atomic mass is 10.1. The first-order chi connectivity index (χ1) is 10.5. The number of carboxylic acids is 1. The number of likely N-dealkylation sites (N-methyl/N-ethyl adjacent to an activating group) is 1. The summed E-state index contributed by atoms with van der Waals surface area (Å²) in [6.07, 6.45) is -0.0465. The largest absolute Gasteiger partial charge is 0.480 e. The van der Waals surface area contributed by atoms with Crippen LogP contribution >= 0.6 is 15.9 Å². The number of halogens is 1. The van der Waals surface area contributed by atoms with Crippen LogP contribution in [0, 0.1) is 0 Å². The van der Waals surface area contributed by atoms with Gasteiger partial charge in [-0.05, 0) is 31.3 Å². The summed E-state index contributed by atoms with van der Waals surface area (Å²) in [5.74, 6) is -1.23. The number of nitrogens with one attached hydrogen (secondary N) is 1. The highest BCUT2D eigenvalue weighted by Gasteiger charge is 2.30. The Labute approximate surface area is 138 Å². The number of anilines is 1. The maximum atomic E-state index is 12.1. The highest BCUT2D eigenvalue weighted by atomic mass is 79.9. The summed E-state index contributed by atoms with van der Waals surface area (Å²) in [6.45, 7) is 2.97. The third kappa shape index (κ3) is 4.79. The molecule has 1 aromatic carbocycles. The van der Waals surface area contributed by atoms with Crippen LogP contribution in [0.3, 0.4) is 0 Å². The second kappa shape index (κ2) is 7.71. The van der Waals surface area contributed by atoms with E-state index in [0.29, 0.717) is 18.8 Å². The van der Waals surface area contributed by atoms with Gasteiger partial charge in [-0.15, -0.1) is 0 Å². The topological polar surface area (TPSA) is 72.9 Å². The number of hydrogen-bond donors (Lipinski definition) is 2. The number of hydrogen-bond acceptors (Lipinski definition) is 4. The maximum Gasteiger partial charge on any atom is 0.321 e. The number of aliphatic carboxylic acids is 1. The number of rotatable bonds is 5. The van der Waals surface area contributed by atoms with E-state index in [1.54, 1.807) is 12.1 Å². The number of amides is 1. The smallest absolute Gasteiger partial charge is 0.321 e. The van der Waals surface area contributed by atoms with Crippen molar-refractivity contribution in [3.63, 3.8) is 0 Å².